The van der Waals surface area contributed by atoms with E-state index in [0.29, 0.717) is 11.3 Å². The van der Waals surface area contributed by atoms with Crippen molar-refractivity contribution >= 4 is 41.3 Å². The lowest BCUT2D eigenvalue weighted by Crippen LogP contribution is -2.42. The number of thiazole rings is 1. The van der Waals surface area contributed by atoms with Gasteiger partial charge in [0.25, 0.3) is 0 Å². The highest BCUT2D eigenvalue weighted by Crippen LogP contribution is 2.40. The molecule has 0 atom stereocenters. The Hall–Kier alpha value is -0.370. The molecule has 1 fully saturated rings. The molecule has 0 amide bonds. The summed E-state index contributed by atoms with van der Waals surface area (Å²) in [5.74, 6) is 1.39. The van der Waals surface area contributed by atoms with Crippen LogP contribution in [-0.2, 0) is 6.54 Å². The van der Waals surface area contributed by atoms with E-state index < -0.39 is 0 Å². The van der Waals surface area contributed by atoms with E-state index in [1.165, 1.54) is 37.1 Å². The number of hydrogen-bond donors (Lipinski definition) is 2. The van der Waals surface area contributed by atoms with Crippen LogP contribution in [0.2, 0.25) is 0 Å². The third-order valence-corrected chi connectivity index (χ3v) is 5.96. The third-order valence-electron chi connectivity index (χ3n) is 4.77. The van der Waals surface area contributed by atoms with Gasteiger partial charge in [0.1, 0.15) is 0 Å². The molecule has 132 valence electrons. The van der Waals surface area contributed by atoms with Gasteiger partial charge in [-0.15, -0.1) is 35.3 Å². The van der Waals surface area contributed by atoms with E-state index in [1.807, 2.05) is 7.05 Å². The Morgan fingerprint density at radius 3 is 2.57 bits per heavy atom. The maximum atomic E-state index is 4.66. The van der Waals surface area contributed by atoms with Crippen molar-refractivity contribution in [3.05, 3.63) is 16.1 Å². The zero-order valence-electron chi connectivity index (χ0n) is 14.8. The number of rotatable bonds is 6. The van der Waals surface area contributed by atoms with E-state index in [-0.39, 0.29) is 24.0 Å². The van der Waals surface area contributed by atoms with Gasteiger partial charge in [0.15, 0.2) is 5.96 Å². The molecule has 1 aromatic heterocycles. The Morgan fingerprint density at radius 2 is 2.04 bits per heavy atom. The van der Waals surface area contributed by atoms with Gasteiger partial charge in [-0.05, 0) is 24.7 Å². The van der Waals surface area contributed by atoms with Crippen LogP contribution in [0.4, 0.5) is 0 Å². The van der Waals surface area contributed by atoms with Crippen molar-refractivity contribution in [3.8, 4) is 0 Å². The lowest BCUT2D eigenvalue weighted by Gasteiger charge is -2.28. The Balaban J connectivity index is 0.00000264. The highest BCUT2D eigenvalue weighted by atomic mass is 127. The van der Waals surface area contributed by atoms with Gasteiger partial charge in [-0.25, -0.2) is 4.98 Å². The molecule has 6 heteroatoms. The Kier molecular flexibility index (Phi) is 8.82. The summed E-state index contributed by atoms with van der Waals surface area (Å²) in [4.78, 5) is 9.00. The maximum absolute atomic E-state index is 4.66. The molecule has 0 bridgehead atoms. The summed E-state index contributed by atoms with van der Waals surface area (Å²) in [5, 5.41) is 10.2. The minimum absolute atomic E-state index is 0. The van der Waals surface area contributed by atoms with Crippen LogP contribution in [0.25, 0.3) is 0 Å². The monoisotopic (exact) mass is 450 g/mol. The second-order valence-corrected chi connectivity index (χ2v) is 7.56. The first-order valence-electron chi connectivity index (χ1n) is 8.47. The normalized spacial score (nSPS) is 17.2. The molecule has 0 saturated heterocycles. The highest BCUT2D eigenvalue weighted by Gasteiger charge is 2.31. The van der Waals surface area contributed by atoms with Crippen molar-refractivity contribution in [1.82, 2.24) is 15.6 Å². The Bertz CT molecular complexity index is 493. The van der Waals surface area contributed by atoms with Gasteiger partial charge in [0.2, 0.25) is 0 Å². The topological polar surface area (TPSA) is 49.3 Å². The van der Waals surface area contributed by atoms with E-state index in [9.17, 15) is 0 Å². The average Bonchev–Trinajstić information content (AvgIpc) is 3.17. The summed E-state index contributed by atoms with van der Waals surface area (Å²) in [6.45, 7) is 8.44. The zero-order valence-corrected chi connectivity index (χ0v) is 18.0. The molecule has 4 nitrogen and oxygen atoms in total. The van der Waals surface area contributed by atoms with Crippen molar-refractivity contribution in [2.75, 3.05) is 13.6 Å². The Morgan fingerprint density at radius 1 is 1.35 bits per heavy atom. The molecule has 1 saturated carbocycles. The number of halogens is 1. The molecule has 0 spiro atoms. The fourth-order valence-electron chi connectivity index (χ4n) is 3.12. The minimum atomic E-state index is 0. The number of aliphatic imine (C=N–C) groups is 1. The summed E-state index contributed by atoms with van der Waals surface area (Å²) in [7, 11) is 1.84. The number of hydrogen-bond acceptors (Lipinski definition) is 3. The zero-order chi connectivity index (χ0) is 16.0. The highest BCUT2D eigenvalue weighted by molar-refractivity contribution is 14.0. The van der Waals surface area contributed by atoms with E-state index in [0.717, 1.165) is 24.7 Å². The number of aromatic nitrogens is 1. The van der Waals surface area contributed by atoms with Gasteiger partial charge in [-0.1, -0.05) is 33.6 Å². The average molecular weight is 450 g/mol. The first-order chi connectivity index (χ1) is 10.6. The van der Waals surface area contributed by atoms with Crippen molar-refractivity contribution in [1.29, 1.82) is 0 Å². The molecule has 0 radical (unpaired) electrons. The van der Waals surface area contributed by atoms with Crippen LogP contribution in [-0.4, -0.2) is 24.5 Å². The van der Waals surface area contributed by atoms with Gasteiger partial charge < -0.3 is 10.6 Å². The quantitative estimate of drug-likeness (QED) is 0.381. The molecule has 0 aromatic carbocycles. The largest absolute Gasteiger partial charge is 0.356 e. The summed E-state index contributed by atoms with van der Waals surface area (Å²) < 4.78 is 0. The molecule has 0 aliphatic heterocycles. The van der Waals surface area contributed by atoms with Gasteiger partial charge in [-0.3, -0.25) is 4.99 Å². The summed E-state index contributed by atoms with van der Waals surface area (Å²) >= 11 is 1.74. The van der Waals surface area contributed by atoms with Crippen LogP contribution in [0.5, 0.6) is 0 Å². The van der Waals surface area contributed by atoms with E-state index in [1.54, 1.807) is 11.3 Å². The van der Waals surface area contributed by atoms with Crippen LogP contribution in [0.15, 0.2) is 10.4 Å². The SMILES string of the molecule is CCC1(CNC(=NC)NCc2csc(C(C)C)n2)CCCC1.I. The first-order valence-corrected chi connectivity index (χ1v) is 9.35. The molecule has 2 N–H and O–H groups in total. The third kappa shape index (κ3) is 5.89. The maximum Gasteiger partial charge on any atom is 0.191 e. The summed E-state index contributed by atoms with van der Waals surface area (Å²) in [6.07, 6.45) is 6.69. The molecule has 0 unspecified atom stereocenters. The second-order valence-electron chi connectivity index (χ2n) is 6.67. The molecule has 1 heterocycles. The predicted octanol–water partition coefficient (Wildman–Crippen LogP) is 4.52. The standard InChI is InChI=1S/C17H30N4S.HI/c1-5-17(8-6-7-9-17)12-20-16(18-4)19-10-14-11-22-15(21-14)13(2)3;/h11,13H,5-10,12H2,1-4H3,(H2,18,19,20);1H. The van der Waals surface area contributed by atoms with Crippen LogP contribution in [0.3, 0.4) is 0 Å². The molecule has 1 aliphatic rings. The van der Waals surface area contributed by atoms with Crippen LogP contribution in [0, 0.1) is 5.41 Å². The number of nitrogens with one attached hydrogen (secondary N) is 2. The van der Waals surface area contributed by atoms with Gasteiger partial charge >= 0.3 is 0 Å². The van der Waals surface area contributed by atoms with Gasteiger partial charge in [-0.2, -0.15) is 0 Å². The van der Waals surface area contributed by atoms with Crippen molar-refractivity contribution in [2.45, 2.75) is 65.3 Å². The van der Waals surface area contributed by atoms with Crippen molar-refractivity contribution < 1.29 is 0 Å². The molecular formula is C17H31IN4S. The van der Waals surface area contributed by atoms with E-state index in [2.05, 4.69) is 46.8 Å². The molecule has 1 aliphatic carbocycles. The molecule has 1 aromatic rings. The predicted molar refractivity (Wildman–Crippen MR) is 111 cm³/mol. The smallest absolute Gasteiger partial charge is 0.191 e. The number of guanidine groups is 1. The van der Waals surface area contributed by atoms with E-state index in [4.69, 9.17) is 0 Å². The lowest BCUT2D eigenvalue weighted by molar-refractivity contribution is 0.283. The summed E-state index contributed by atoms with van der Waals surface area (Å²) in [5.41, 5.74) is 1.58. The minimum Gasteiger partial charge on any atom is -0.356 e. The first kappa shape index (κ1) is 20.7. The van der Waals surface area contributed by atoms with Crippen LogP contribution in [0.1, 0.15) is 69.5 Å². The molecule has 2 rings (SSSR count). The van der Waals surface area contributed by atoms with Crippen LogP contribution >= 0.6 is 35.3 Å². The van der Waals surface area contributed by atoms with Gasteiger partial charge in [0.05, 0.1) is 17.2 Å². The van der Waals surface area contributed by atoms with Gasteiger partial charge in [0, 0.05) is 24.9 Å². The molecule has 23 heavy (non-hydrogen) atoms. The summed E-state index contributed by atoms with van der Waals surface area (Å²) in [6, 6.07) is 0. The number of nitrogens with zero attached hydrogens (tertiary/aromatic N) is 2. The fourth-order valence-corrected chi connectivity index (χ4v) is 3.95. The van der Waals surface area contributed by atoms with E-state index >= 15 is 0 Å². The van der Waals surface area contributed by atoms with Crippen molar-refractivity contribution in [2.24, 2.45) is 10.4 Å². The fraction of sp³-hybridized carbons (Fsp3) is 0.765. The van der Waals surface area contributed by atoms with Crippen molar-refractivity contribution in [3.63, 3.8) is 0 Å². The molecular weight excluding hydrogens is 419 g/mol. The van der Waals surface area contributed by atoms with Crippen LogP contribution < -0.4 is 10.6 Å². The Labute approximate surface area is 162 Å². The lowest BCUT2D eigenvalue weighted by atomic mass is 9.83. The second kappa shape index (κ2) is 9.81.